The van der Waals surface area contributed by atoms with Gasteiger partial charge in [0.25, 0.3) is 0 Å². The molecule has 3 heterocycles. The van der Waals surface area contributed by atoms with Crippen LogP contribution in [-0.4, -0.2) is 72.2 Å². The van der Waals surface area contributed by atoms with E-state index in [1.165, 1.54) is 17.2 Å². The van der Waals surface area contributed by atoms with Gasteiger partial charge >= 0.3 is 17.1 Å². The molecule has 1 aliphatic rings. The Morgan fingerprint density at radius 2 is 1.83 bits per heavy atom. The van der Waals surface area contributed by atoms with Gasteiger partial charge in [0.05, 0.1) is 20.8 Å². The molecule has 0 aromatic carbocycles. The fourth-order valence-corrected chi connectivity index (χ4v) is 2.65. The number of ether oxygens (including phenoxy) is 1. The van der Waals surface area contributed by atoms with Crippen LogP contribution in [-0.2, 0) is 41.3 Å². The van der Waals surface area contributed by atoms with Gasteiger partial charge in [0.1, 0.15) is 30.2 Å². The Hall–Kier alpha value is -1.27. The van der Waals surface area contributed by atoms with Gasteiger partial charge < -0.3 is 48.7 Å². The molecule has 1 radical (unpaired) electrons. The number of hydrogen-bond acceptors (Lipinski definition) is 15. The molecule has 19 heteroatoms. The Morgan fingerprint density at radius 3 is 2.38 bits per heavy atom. The number of imidazole rings is 1. The standard InChI is InChI=1S/C10H14N5O7P.Cu.H2O4S/c11-8-5-9(13-2-12-8)15(3-14-5)10-7(17)6(16)4(22-10)1-21-23(18,19)20;;1-5(2,3)4/h2-4,6-7,10,16-17H,1H2,(H2,11,12,13)(H2,18,19,20);;(H2,1,2,3,4)/q;+4;/p-4/t4-,6-,7-,10-;;/m1../s1. The van der Waals surface area contributed by atoms with E-state index in [1.807, 2.05) is 0 Å². The summed E-state index contributed by atoms with van der Waals surface area (Å²) in [6.45, 7) is -0.719. The summed E-state index contributed by atoms with van der Waals surface area (Å²) >= 11 is 0. The Balaban J connectivity index is 0.000000628. The molecule has 0 saturated carbocycles. The second kappa shape index (κ2) is 9.69. The molecule has 4 N–H and O–H groups in total. The maximum Gasteiger partial charge on any atom is 4.00 e. The zero-order chi connectivity index (χ0) is 21.3. The fraction of sp³-hybridized carbons (Fsp3) is 0.500. The molecule has 2 aromatic heterocycles. The molecule has 2 aromatic rings. The molecule has 1 saturated heterocycles. The summed E-state index contributed by atoms with van der Waals surface area (Å²) in [4.78, 5) is 32.8. The summed E-state index contributed by atoms with van der Waals surface area (Å²) in [5.74, 6) is 0.125. The molecule has 165 valence electrons. The molecule has 3 rings (SSSR count). The van der Waals surface area contributed by atoms with Crippen LogP contribution < -0.4 is 15.5 Å². The van der Waals surface area contributed by atoms with Crippen molar-refractivity contribution < 1.29 is 68.4 Å². The number of aliphatic hydroxyl groups is 2. The van der Waals surface area contributed by atoms with Crippen molar-refractivity contribution in [2.45, 2.75) is 24.5 Å². The first-order valence-electron chi connectivity index (χ1n) is 7.06. The maximum absolute atomic E-state index is 10.5. The predicted octanol–water partition coefficient (Wildman–Crippen LogP) is -4.47. The Kier molecular flexibility index (Phi) is 8.61. The monoisotopic (exact) mass is 504 g/mol. The average Bonchev–Trinajstić information content (AvgIpc) is 3.07. The van der Waals surface area contributed by atoms with Gasteiger partial charge in [0, 0.05) is 10.4 Å². The third kappa shape index (κ3) is 7.18. The number of nitrogens with zero attached hydrogens (tertiary/aromatic N) is 4. The van der Waals surface area contributed by atoms with E-state index in [0.717, 1.165) is 0 Å². The van der Waals surface area contributed by atoms with Crippen LogP contribution in [0.15, 0.2) is 12.7 Å². The molecule has 4 atom stereocenters. The number of phosphoric acid groups is 1. The van der Waals surface area contributed by atoms with Crippen LogP contribution in [0.5, 0.6) is 0 Å². The van der Waals surface area contributed by atoms with E-state index in [4.69, 9.17) is 28.0 Å². The summed E-state index contributed by atoms with van der Waals surface area (Å²) in [5.41, 5.74) is 6.19. The zero-order valence-electron chi connectivity index (χ0n) is 13.8. The van der Waals surface area contributed by atoms with Crippen LogP contribution in [0, 0.1) is 0 Å². The number of aromatic nitrogens is 4. The molecule has 0 unspecified atom stereocenters. The molecule has 29 heavy (non-hydrogen) atoms. The van der Waals surface area contributed by atoms with E-state index in [-0.39, 0.29) is 34.1 Å². The van der Waals surface area contributed by atoms with Crippen molar-refractivity contribution in [1.29, 1.82) is 0 Å². The van der Waals surface area contributed by atoms with Crippen LogP contribution in [0.1, 0.15) is 6.23 Å². The number of nitrogen functional groups attached to an aromatic ring is 1. The SMILES string of the molecule is Nc1ncnc2c1ncn2[C@@H]1O[C@H](COP(=O)([O-])[O-])[C@@H](O)[C@H]1O.O=S(=O)([O-])[O-].[Cu+4]. The van der Waals surface area contributed by atoms with Gasteiger partial charge in [-0.3, -0.25) is 13.0 Å². The van der Waals surface area contributed by atoms with Crippen molar-refractivity contribution in [3.8, 4) is 0 Å². The predicted molar refractivity (Wildman–Crippen MR) is 79.7 cm³/mol. The first-order valence-corrected chi connectivity index (χ1v) is 9.85. The summed E-state index contributed by atoms with van der Waals surface area (Å²) in [6.07, 6.45) is -2.75. The van der Waals surface area contributed by atoms with Gasteiger partial charge in [-0.25, -0.2) is 15.0 Å². The third-order valence-electron chi connectivity index (χ3n) is 3.40. The maximum atomic E-state index is 10.5. The van der Waals surface area contributed by atoms with Gasteiger partial charge in [0.2, 0.25) is 0 Å². The largest absolute Gasteiger partial charge is 4.00 e. The molecule has 0 bridgehead atoms. The number of fused-ring (bicyclic) bond motifs is 1. The molecular weight excluding hydrogens is 493 g/mol. The van der Waals surface area contributed by atoms with Gasteiger partial charge in [-0.2, -0.15) is 0 Å². The van der Waals surface area contributed by atoms with Crippen molar-refractivity contribution in [3.63, 3.8) is 0 Å². The van der Waals surface area contributed by atoms with Crippen molar-refractivity contribution in [2.24, 2.45) is 0 Å². The first kappa shape index (κ1) is 25.8. The summed E-state index contributed by atoms with van der Waals surface area (Å²) in [7, 11) is -10.4. The first-order chi connectivity index (χ1) is 12.8. The molecular formula is C10H12CuN5O11PS. The molecule has 0 amide bonds. The molecule has 0 aliphatic carbocycles. The van der Waals surface area contributed by atoms with Crippen molar-refractivity contribution in [3.05, 3.63) is 12.7 Å². The van der Waals surface area contributed by atoms with Crippen molar-refractivity contribution in [1.82, 2.24) is 19.5 Å². The van der Waals surface area contributed by atoms with Gasteiger partial charge in [-0.15, -0.1) is 0 Å². The van der Waals surface area contributed by atoms with Gasteiger partial charge in [-0.05, 0) is 0 Å². The average molecular weight is 505 g/mol. The molecule has 1 fully saturated rings. The van der Waals surface area contributed by atoms with E-state index in [0.29, 0.717) is 0 Å². The van der Waals surface area contributed by atoms with E-state index in [1.54, 1.807) is 0 Å². The van der Waals surface area contributed by atoms with Gasteiger partial charge in [0.15, 0.2) is 17.7 Å². The quantitative estimate of drug-likeness (QED) is 0.153. The minimum absolute atomic E-state index is 0. The summed E-state index contributed by atoms with van der Waals surface area (Å²) in [6, 6.07) is 0. The number of rotatable bonds is 4. The number of anilines is 1. The normalized spacial score (nSPS) is 24.6. The van der Waals surface area contributed by atoms with Crippen molar-refractivity contribution in [2.75, 3.05) is 12.3 Å². The third-order valence-corrected chi connectivity index (χ3v) is 3.86. The van der Waals surface area contributed by atoms with E-state index in [9.17, 15) is 24.6 Å². The van der Waals surface area contributed by atoms with E-state index >= 15 is 0 Å². The number of phosphoric ester groups is 1. The second-order valence-corrected chi connectivity index (χ2v) is 7.25. The molecule has 0 spiro atoms. The van der Waals surface area contributed by atoms with Crippen LogP contribution in [0.25, 0.3) is 11.2 Å². The summed E-state index contributed by atoms with van der Waals surface area (Å²) in [5, 5.41) is 20.0. The van der Waals surface area contributed by atoms with Crippen LogP contribution >= 0.6 is 7.82 Å². The minimum Gasteiger partial charge on any atom is -0.790 e. The van der Waals surface area contributed by atoms with Crippen LogP contribution in [0.4, 0.5) is 5.82 Å². The number of aliphatic hydroxyl groups excluding tert-OH is 2. The Bertz CT molecular complexity index is 976. The van der Waals surface area contributed by atoms with Crippen LogP contribution in [0.3, 0.4) is 0 Å². The van der Waals surface area contributed by atoms with Crippen molar-refractivity contribution >= 4 is 35.2 Å². The van der Waals surface area contributed by atoms with E-state index < -0.39 is 49.4 Å². The molecule has 1 aliphatic heterocycles. The second-order valence-electron chi connectivity index (χ2n) is 5.28. The van der Waals surface area contributed by atoms with Gasteiger partial charge in [-0.1, -0.05) is 0 Å². The Morgan fingerprint density at radius 1 is 1.24 bits per heavy atom. The fourth-order valence-electron chi connectivity index (χ4n) is 2.32. The Labute approximate surface area is 173 Å². The van der Waals surface area contributed by atoms with E-state index in [2.05, 4.69) is 19.5 Å². The number of nitrogens with two attached hydrogens (primary N) is 1. The smallest absolute Gasteiger partial charge is 0.790 e. The summed E-state index contributed by atoms with van der Waals surface area (Å²) < 4.78 is 55.4. The van der Waals surface area contributed by atoms with Crippen LogP contribution in [0.2, 0.25) is 0 Å². The molecule has 16 nitrogen and oxygen atoms in total. The topological polar surface area (TPSA) is 272 Å². The number of hydrogen-bond donors (Lipinski definition) is 3. The minimum atomic E-state index is -5.22. The zero-order valence-corrected chi connectivity index (χ0v) is 16.4.